The third-order valence-electron chi connectivity index (χ3n) is 2.92. The maximum absolute atomic E-state index is 10.9. The van der Waals surface area contributed by atoms with Crippen molar-refractivity contribution in [2.45, 2.75) is 13.8 Å². The minimum atomic E-state index is -1.08. The van der Waals surface area contributed by atoms with Crippen LogP contribution in [0.25, 0.3) is 0 Å². The molecular weight excluding hydrogens is 242 g/mol. The number of nitrogens with one attached hydrogen (secondary N) is 1. The van der Waals surface area contributed by atoms with Crippen molar-refractivity contribution < 1.29 is 9.90 Å². The lowest BCUT2D eigenvalue weighted by molar-refractivity contribution is 0.0690. The molecule has 0 amide bonds. The summed E-state index contributed by atoms with van der Waals surface area (Å²) in [4.78, 5) is 14.9. The van der Waals surface area contributed by atoms with Gasteiger partial charge in [-0.1, -0.05) is 6.07 Å². The van der Waals surface area contributed by atoms with Gasteiger partial charge in [-0.15, -0.1) is 0 Å². The number of aromatic nitrogens is 1. The fourth-order valence-electron chi connectivity index (χ4n) is 1.65. The second kappa shape index (κ2) is 4.97. The Bertz CT molecular complexity index is 639. The first-order valence-electron chi connectivity index (χ1n) is 5.81. The molecule has 1 heterocycles. The van der Waals surface area contributed by atoms with Gasteiger partial charge in [0.25, 0.3) is 0 Å². The number of benzene rings is 1. The zero-order chi connectivity index (χ0) is 14.0. The fraction of sp³-hybridized carbons (Fsp3) is 0.143. The Kier molecular flexibility index (Phi) is 3.37. The van der Waals surface area contributed by atoms with E-state index >= 15 is 0 Å². The average molecular weight is 257 g/mol. The molecule has 0 saturated heterocycles. The van der Waals surface area contributed by atoms with Crippen molar-refractivity contribution in [3.05, 3.63) is 47.2 Å². The summed E-state index contributed by atoms with van der Waals surface area (Å²) in [5.41, 5.74) is 9.30. The number of carbonyl (C=O) groups is 1. The first kappa shape index (κ1) is 12.9. The summed E-state index contributed by atoms with van der Waals surface area (Å²) in [6.07, 6.45) is 0. The Morgan fingerprint density at radius 1 is 1.21 bits per heavy atom. The highest BCUT2D eigenvalue weighted by atomic mass is 16.4. The molecule has 0 aliphatic carbocycles. The highest BCUT2D eigenvalue weighted by Gasteiger charge is 2.09. The zero-order valence-corrected chi connectivity index (χ0v) is 10.8. The molecule has 0 aliphatic heterocycles. The predicted octanol–water partition coefficient (Wildman–Crippen LogP) is 2.72. The number of aromatic carboxylic acids is 1. The fourth-order valence-corrected chi connectivity index (χ4v) is 1.65. The van der Waals surface area contributed by atoms with Crippen molar-refractivity contribution in [1.82, 2.24) is 4.98 Å². The van der Waals surface area contributed by atoms with E-state index in [2.05, 4.69) is 10.3 Å². The van der Waals surface area contributed by atoms with Crippen LogP contribution in [0.3, 0.4) is 0 Å². The number of aryl methyl sites for hydroxylation is 2. The summed E-state index contributed by atoms with van der Waals surface area (Å²) in [6.45, 7) is 4.03. The average Bonchev–Trinajstić information content (AvgIpc) is 2.36. The van der Waals surface area contributed by atoms with E-state index in [9.17, 15) is 4.79 Å². The quantitative estimate of drug-likeness (QED) is 0.786. The molecule has 4 N–H and O–H groups in total. The molecule has 0 atom stereocenters. The monoisotopic (exact) mass is 257 g/mol. The van der Waals surface area contributed by atoms with Gasteiger partial charge in [0.05, 0.1) is 5.69 Å². The van der Waals surface area contributed by atoms with E-state index in [1.165, 1.54) is 17.7 Å². The number of hydrogen-bond donors (Lipinski definition) is 3. The van der Waals surface area contributed by atoms with Gasteiger partial charge in [-0.2, -0.15) is 0 Å². The van der Waals surface area contributed by atoms with Gasteiger partial charge < -0.3 is 16.2 Å². The molecule has 2 aromatic rings. The lowest BCUT2D eigenvalue weighted by Gasteiger charge is -2.10. The van der Waals surface area contributed by atoms with E-state index in [4.69, 9.17) is 10.8 Å². The SMILES string of the molecule is Cc1ccc(Nc2nc(C(=O)O)ccc2N)cc1C. The molecule has 0 radical (unpaired) electrons. The molecule has 19 heavy (non-hydrogen) atoms. The van der Waals surface area contributed by atoms with Gasteiger partial charge >= 0.3 is 5.97 Å². The Morgan fingerprint density at radius 2 is 1.95 bits per heavy atom. The number of nitrogens with zero attached hydrogens (tertiary/aromatic N) is 1. The van der Waals surface area contributed by atoms with Crippen molar-refractivity contribution in [2.24, 2.45) is 0 Å². The molecule has 5 heteroatoms. The molecule has 0 spiro atoms. The number of rotatable bonds is 3. The van der Waals surface area contributed by atoms with Crippen LogP contribution in [0.2, 0.25) is 0 Å². The van der Waals surface area contributed by atoms with Crippen molar-refractivity contribution in [3.8, 4) is 0 Å². The number of hydrogen-bond acceptors (Lipinski definition) is 4. The minimum absolute atomic E-state index is 0.0412. The maximum Gasteiger partial charge on any atom is 0.354 e. The number of anilines is 3. The Balaban J connectivity index is 2.34. The summed E-state index contributed by atoms with van der Waals surface area (Å²) in [7, 11) is 0. The highest BCUT2D eigenvalue weighted by molar-refractivity contribution is 5.87. The molecule has 0 saturated carbocycles. The summed E-state index contributed by atoms with van der Waals surface area (Å²) < 4.78 is 0. The van der Waals surface area contributed by atoms with E-state index in [0.717, 1.165) is 11.3 Å². The van der Waals surface area contributed by atoms with Crippen LogP contribution < -0.4 is 11.1 Å². The van der Waals surface area contributed by atoms with Crippen LogP contribution in [0.15, 0.2) is 30.3 Å². The third-order valence-corrected chi connectivity index (χ3v) is 2.92. The Morgan fingerprint density at radius 3 is 2.58 bits per heavy atom. The van der Waals surface area contributed by atoms with Gasteiger partial charge in [0.2, 0.25) is 0 Å². The second-order valence-corrected chi connectivity index (χ2v) is 4.36. The first-order valence-corrected chi connectivity index (χ1v) is 5.81. The smallest absolute Gasteiger partial charge is 0.354 e. The van der Waals surface area contributed by atoms with Gasteiger partial charge in [0, 0.05) is 5.69 Å². The van der Waals surface area contributed by atoms with E-state index in [0.29, 0.717) is 11.5 Å². The van der Waals surface area contributed by atoms with Gasteiger partial charge in [0.1, 0.15) is 0 Å². The number of nitrogen functional groups attached to an aromatic ring is 1. The van der Waals surface area contributed by atoms with E-state index in [-0.39, 0.29) is 5.69 Å². The normalized spacial score (nSPS) is 10.2. The van der Waals surface area contributed by atoms with Crippen LogP contribution in [0.4, 0.5) is 17.2 Å². The molecule has 0 unspecified atom stereocenters. The van der Waals surface area contributed by atoms with Gasteiger partial charge in [-0.05, 0) is 49.2 Å². The molecule has 2 rings (SSSR count). The van der Waals surface area contributed by atoms with Crippen LogP contribution in [-0.4, -0.2) is 16.1 Å². The molecule has 5 nitrogen and oxygen atoms in total. The lowest BCUT2D eigenvalue weighted by Crippen LogP contribution is -2.05. The molecule has 98 valence electrons. The molecule has 1 aromatic heterocycles. The van der Waals surface area contributed by atoms with Gasteiger partial charge in [-0.25, -0.2) is 9.78 Å². The summed E-state index contributed by atoms with van der Waals surface area (Å²) >= 11 is 0. The van der Waals surface area contributed by atoms with Crippen LogP contribution >= 0.6 is 0 Å². The van der Waals surface area contributed by atoms with Crippen LogP contribution in [0, 0.1) is 13.8 Å². The topological polar surface area (TPSA) is 88.2 Å². The molecule has 0 bridgehead atoms. The van der Waals surface area contributed by atoms with Crippen LogP contribution in [-0.2, 0) is 0 Å². The molecule has 0 fully saturated rings. The minimum Gasteiger partial charge on any atom is -0.477 e. The summed E-state index contributed by atoms with van der Waals surface area (Å²) in [6, 6.07) is 8.75. The first-order chi connectivity index (χ1) is 8.97. The van der Waals surface area contributed by atoms with E-state index in [1.54, 1.807) is 0 Å². The summed E-state index contributed by atoms with van der Waals surface area (Å²) in [5, 5.41) is 12.0. The van der Waals surface area contributed by atoms with Crippen LogP contribution in [0.5, 0.6) is 0 Å². The molecular formula is C14H15N3O2. The van der Waals surface area contributed by atoms with Crippen molar-refractivity contribution >= 4 is 23.2 Å². The van der Waals surface area contributed by atoms with Crippen molar-refractivity contribution in [1.29, 1.82) is 0 Å². The number of nitrogens with two attached hydrogens (primary N) is 1. The number of pyridine rings is 1. The van der Waals surface area contributed by atoms with E-state index < -0.39 is 5.97 Å². The number of carboxylic acid groups (broad SMARTS) is 1. The third kappa shape index (κ3) is 2.82. The lowest BCUT2D eigenvalue weighted by atomic mass is 10.1. The Hall–Kier alpha value is -2.56. The maximum atomic E-state index is 10.9. The highest BCUT2D eigenvalue weighted by Crippen LogP contribution is 2.23. The standard InChI is InChI=1S/C14H15N3O2/c1-8-3-4-10(7-9(8)2)16-13-11(15)5-6-12(17-13)14(18)19/h3-7H,15H2,1-2H3,(H,16,17)(H,18,19). The van der Waals surface area contributed by atoms with Crippen molar-refractivity contribution in [3.63, 3.8) is 0 Å². The largest absolute Gasteiger partial charge is 0.477 e. The van der Waals surface area contributed by atoms with Crippen LogP contribution in [0.1, 0.15) is 21.6 Å². The van der Waals surface area contributed by atoms with Gasteiger partial charge in [-0.3, -0.25) is 0 Å². The van der Waals surface area contributed by atoms with Crippen molar-refractivity contribution in [2.75, 3.05) is 11.1 Å². The van der Waals surface area contributed by atoms with E-state index in [1.807, 2.05) is 32.0 Å². The second-order valence-electron chi connectivity index (χ2n) is 4.36. The Labute approximate surface area is 111 Å². The van der Waals surface area contributed by atoms with Gasteiger partial charge in [0.15, 0.2) is 11.5 Å². The molecule has 0 aliphatic rings. The predicted molar refractivity (Wildman–Crippen MR) is 74.8 cm³/mol. The summed E-state index contributed by atoms with van der Waals surface area (Å²) in [5.74, 6) is -0.730. The number of carboxylic acids is 1. The zero-order valence-electron chi connectivity index (χ0n) is 10.8. The molecule has 1 aromatic carbocycles.